The maximum atomic E-state index is 5.85. The first kappa shape index (κ1) is 10.9. The third kappa shape index (κ3) is 2.90. The number of nitrogens with one attached hydrogen (secondary N) is 1. The molecule has 1 N–H and O–H groups in total. The molecule has 1 aromatic carbocycles. The Morgan fingerprint density at radius 2 is 2.33 bits per heavy atom. The van der Waals surface area contributed by atoms with E-state index in [2.05, 4.69) is 30.8 Å². The molecule has 1 aromatic heterocycles. The van der Waals surface area contributed by atoms with Crippen molar-refractivity contribution in [1.82, 2.24) is 9.59 Å². The third-order valence-electron chi connectivity index (χ3n) is 1.83. The summed E-state index contributed by atoms with van der Waals surface area (Å²) < 4.78 is 4.77. The van der Waals surface area contributed by atoms with E-state index in [1.807, 2.05) is 18.2 Å². The fourth-order valence-corrected chi connectivity index (χ4v) is 2.33. The number of nitrogens with zero attached hydrogens (tertiary/aromatic N) is 2. The molecule has 0 atom stereocenters. The van der Waals surface area contributed by atoms with Crippen LogP contribution < -0.4 is 5.32 Å². The van der Waals surface area contributed by atoms with Gasteiger partial charge in [-0.25, -0.2) is 0 Å². The summed E-state index contributed by atoms with van der Waals surface area (Å²) in [7, 11) is 0. The minimum Gasteiger partial charge on any atom is -0.370 e. The van der Waals surface area contributed by atoms with Gasteiger partial charge in [-0.1, -0.05) is 38.1 Å². The van der Waals surface area contributed by atoms with Crippen molar-refractivity contribution in [2.24, 2.45) is 0 Å². The average molecular weight is 305 g/mol. The molecule has 3 nitrogen and oxygen atoms in total. The van der Waals surface area contributed by atoms with Crippen LogP contribution in [0.5, 0.6) is 0 Å². The molecular formula is C9H7BrClN3S. The normalized spacial score (nSPS) is 10.3. The molecule has 0 fully saturated rings. The van der Waals surface area contributed by atoms with Crippen LogP contribution in [0.2, 0.25) is 5.02 Å². The van der Waals surface area contributed by atoms with Crippen molar-refractivity contribution in [3.8, 4) is 0 Å². The first-order valence-electron chi connectivity index (χ1n) is 4.21. The quantitative estimate of drug-likeness (QED) is 0.942. The van der Waals surface area contributed by atoms with E-state index in [0.29, 0.717) is 0 Å². The zero-order valence-electron chi connectivity index (χ0n) is 7.58. The van der Waals surface area contributed by atoms with Crippen molar-refractivity contribution in [3.63, 3.8) is 0 Å². The zero-order chi connectivity index (χ0) is 10.7. The lowest BCUT2D eigenvalue weighted by atomic mass is 10.2. The van der Waals surface area contributed by atoms with Gasteiger partial charge < -0.3 is 5.32 Å². The van der Waals surface area contributed by atoms with Crippen LogP contribution in [0.4, 0.5) is 5.00 Å². The van der Waals surface area contributed by atoms with Crippen LogP contribution in [0, 0.1) is 0 Å². The number of benzene rings is 1. The maximum Gasteiger partial charge on any atom is 0.130 e. The molecule has 0 saturated heterocycles. The van der Waals surface area contributed by atoms with Gasteiger partial charge in [-0.05, 0) is 17.7 Å². The number of hydrogen-bond donors (Lipinski definition) is 1. The molecule has 78 valence electrons. The van der Waals surface area contributed by atoms with Gasteiger partial charge in [-0.2, -0.15) is 0 Å². The first-order chi connectivity index (χ1) is 7.25. The molecule has 0 saturated carbocycles. The Kier molecular flexibility index (Phi) is 3.56. The Morgan fingerprint density at radius 1 is 1.47 bits per heavy atom. The first-order valence-corrected chi connectivity index (χ1v) is 6.15. The van der Waals surface area contributed by atoms with Gasteiger partial charge in [0, 0.05) is 27.6 Å². The van der Waals surface area contributed by atoms with Crippen molar-refractivity contribution in [3.05, 3.63) is 39.5 Å². The van der Waals surface area contributed by atoms with Gasteiger partial charge in [-0.3, -0.25) is 0 Å². The zero-order valence-corrected chi connectivity index (χ0v) is 10.7. The van der Waals surface area contributed by atoms with Gasteiger partial charge in [0.25, 0.3) is 0 Å². The van der Waals surface area contributed by atoms with Crippen molar-refractivity contribution in [1.29, 1.82) is 0 Å². The topological polar surface area (TPSA) is 37.8 Å². The molecule has 6 heteroatoms. The molecule has 0 aliphatic rings. The van der Waals surface area contributed by atoms with E-state index in [4.69, 9.17) is 11.6 Å². The predicted octanol–water partition coefficient (Wildman–Crippen LogP) is 3.57. The summed E-state index contributed by atoms with van der Waals surface area (Å²) in [5, 5.41) is 8.65. The Balaban J connectivity index is 2.05. The molecule has 0 aliphatic carbocycles. The van der Waals surface area contributed by atoms with Crippen molar-refractivity contribution in [2.75, 3.05) is 5.32 Å². The Labute approximate surface area is 105 Å². The summed E-state index contributed by atoms with van der Waals surface area (Å²) in [6, 6.07) is 5.73. The lowest BCUT2D eigenvalue weighted by Crippen LogP contribution is -1.98. The highest BCUT2D eigenvalue weighted by Gasteiger charge is 2.01. The number of hydrogen-bond acceptors (Lipinski definition) is 4. The smallest absolute Gasteiger partial charge is 0.130 e. The van der Waals surface area contributed by atoms with Crippen LogP contribution in [0.25, 0.3) is 0 Å². The van der Waals surface area contributed by atoms with Crippen LogP contribution >= 0.6 is 39.1 Å². The van der Waals surface area contributed by atoms with Crippen molar-refractivity contribution < 1.29 is 0 Å². The summed E-state index contributed by atoms with van der Waals surface area (Å²) in [6.07, 6.45) is 1.70. The van der Waals surface area contributed by atoms with Gasteiger partial charge in [0.1, 0.15) is 5.00 Å². The highest BCUT2D eigenvalue weighted by molar-refractivity contribution is 9.10. The monoisotopic (exact) mass is 303 g/mol. The minimum atomic E-state index is 0.724. The Morgan fingerprint density at radius 3 is 3.00 bits per heavy atom. The summed E-state index contributed by atoms with van der Waals surface area (Å²) in [6.45, 7) is 0.724. The van der Waals surface area contributed by atoms with E-state index >= 15 is 0 Å². The van der Waals surface area contributed by atoms with Gasteiger partial charge in [0.2, 0.25) is 0 Å². The second kappa shape index (κ2) is 4.92. The second-order valence-electron chi connectivity index (χ2n) is 2.87. The van der Waals surface area contributed by atoms with E-state index in [1.165, 1.54) is 11.5 Å². The van der Waals surface area contributed by atoms with E-state index in [9.17, 15) is 0 Å². The molecule has 0 spiro atoms. The largest absolute Gasteiger partial charge is 0.370 e. The van der Waals surface area contributed by atoms with E-state index in [1.54, 1.807) is 6.20 Å². The molecule has 0 aliphatic heterocycles. The number of aromatic nitrogens is 2. The SMILES string of the molecule is Clc1ccc(CNc2cnns2)c(Br)c1. The minimum absolute atomic E-state index is 0.724. The molecule has 0 unspecified atom stereocenters. The van der Waals surface area contributed by atoms with E-state index in [-0.39, 0.29) is 0 Å². The summed E-state index contributed by atoms with van der Waals surface area (Å²) in [5.41, 5.74) is 1.15. The molecular weight excluding hydrogens is 298 g/mol. The second-order valence-corrected chi connectivity index (χ2v) is 4.95. The van der Waals surface area contributed by atoms with Crippen LogP contribution in [-0.2, 0) is 6.54 Å². The number of rotatable bonds is 3. The maximum absolute atomic E-state index is 5.85. The fourth-order valence-electron chi connectivity index (χ4n) is 1.09. The fraction of sp³-hybridized carbons (Fsp3) is 0.111. The van der Waals surface area contributed by atoms with Gasteiger partial charge >= 0.3 is 0 Å². The van der Waals surface area contributed by atoms with Crippen LogP contribution in [0.15, 0.2) is 28.9 Å². The highest BCUT2D eigenvalue weighted by Crippen LogP contribution is 2.22. The summed E-state index contributed by atoms with van der Waals surface area (Å²) >= 11 is 10.6. The van der Waals surface area contributed by atoms with Crippen LogP contribution in [-0.4, -0.2) is 9.59 Å². The molecule has 15 heavy (non-hydrogen) atoms. The summed E-state index contributed by atoms with van der Waals surface area (Å²) in [5.74, 6) is 0. The molecule has 0 bridgehead atoms. The molecule has 0 amide bonds. The third-order valence-corrected chi connectivity index (χ3v) is 3.43. The highest BCUT2D eigenvalue weighted by atomic mass is 79.9. The Hall–Kier alpha value is -0.650. The van der Waals surface area contributed by atoms with Gasteiger partial charge in [0.15, 0.2) is 0 Å². The predicted molar refractivity (Wildman–Crippen MR) is 66.4 cm³/mol. The molecule has 2 aromatic rings. The number of halogens is 2. The lowest BCUT2D eigenvalue weighted by Gasteiger charge is -2.05. The molecule has 0 radical (unpaired) electrons. The summed E-state index contributed by atoms with van der Waals surface area (Å²) in [4.78, 5) is 0. The van der Waals surface area contributed by atoms with Gasteiger partial charge in [-0.15, -0.1) is 5.10 Å². The van der Waals surface area contributed by atoms with Crippen LogP contribution in [0.1, 0.15) is 5.56 Å². The van der Waals surface area contributed by atoms with Crippen molar-refractivity contribution >= 4 is 44.1 Å². The van der Waals surface area contributed by atoms with E-state index in [0.717, 1.165) is 26.6 Å². The Bertz CT molecular complexity index is 447. The molecule has 2 rings (SSSR count). The van der Waals surface area contributed by atoms with Crippen LogP contribution in [0.3, 0.4) is 0 Å². The van der Waals surface area contributed by atoms with Gasteiger partial charge in [0.05, 0.1) is 6.20 Å². The standard InChI is InChI=1S/C9H7BrClN3S/c10-8-3-7(11)2-1-6(8)4-12-9-5-13-14-15-9/h1-3,5,12H,4H2. The van der Waals surface area contributed by atoms with E-state index < -0.39 is 0 Å². The average Bonchev–Trinajstić information content (AvgIpc) is 2.69. The van der Waals surface area contributed by atoms with Crippen molar-refractivity contribution in [2.45, 2.75) is 6.54 Å². The lowest BCUT2D eigenvalue weighted by molar-refractivity contribution is 1.13. The molecule has 1 heterocycles. The number of anilines is 1.